The molecule has 18 heavy (non-hydrogen) atoms. The molecule has 1 heterocycles. The van der Waals surface area contributed by atoms with Crippen LogP contribution in [0.5, 0.6) is 0 Å². The Labute approximate surface area is 105 Å². The summed E-state index contributed by atoms with van der Waals surface area (Å²) in [6, 6.07) is 10.1. The lowest BCUT2D eigenvalue weighted by atomic mass is 9.95. The molecule has 0 aliphatic heterocycles. The third kappa shape index (κ3) is 1.53. The number of nitrogen functional groups attached to an aromatic ring is 1. The third-order valence-electron chi connectivity index (χ3n) is 3.72. The third-order valence-corrected chi connectivity index (χ3v) is 3.72. The predicted octanol–water partition coefficient (Wildman–Crippen LogP) is 1.74. The van der Waals surface area contributed by atoms with Crippen LogP contribution in [0.2, 0.25) is 0 Å². The highest BCUT2D eigenvalue weighted by Crippen LogP contribution is 2.51. The summed E-state index contributed by atoms with van der Waals surface area (Å²) in [5.41, 5.74) is 7.20. The van der Waals surface area contributed by atoms with Gasteiger partial charge in [0.2, 0.25) is 0 Å². The second-order valence-corrected chi connectivity index (χ2v) is 4.87. The monoisotopic (exact) mass is 241 g/mol. The molecule has 0 spiro atoms. The van der Waals surface area contributed by atoms with Gasteiger partial charge in [0, 0.05) is 0 Å². The van der Waals surface area contributed by atoms with E-state index >= 15 is 0 Å². The van der Waals surface area contributed by atoms with E-state index in [1.165, 1.54) is 5.56 Å². The van der Waals surface area contributed by atoms with Gasteiger partial charge < -0.3 is 10.7 Å². The number of benzene rings is 1. The summed E-state index contributed by atoms with van der Waals surface area (Å²) in [5, 5.41) is 0. The number of aromatic amines is 1. The number of nitrogens with zero attached hydrogens (tertiary/aromatic N) is 1. The minimum absolute atomic E-state index is 0.137. The first-order valence-electron chi connectivity index (χ1n) is 6.06. The normalized spacial score (nSPS) is 16.5. The molecule has 1 aromatic heterocycles. The molecule has 0 saturated heterocycles. The average molecular weight is 241 g/mol. The number of rotatable bonds is 2. The van der Waals surface area contributed by atoms with E-state index in [0.717, 1.165) is 12.8 Å². The van der Waals surface area contributed by atoms with E-state index in [2.05, 4.69) is 22.1 Å². The second-order valence-electron chi connectivity index (χ2n) is 4.87. The van der Waals surface area contributed by atoms with Crippen molar-refractivity contribution in [1.82, 2.24) is 9.97 Å². The van der Waals surface area contributed by atoms with E-state index in [1.54, 1.807) is 6.92 Å². The van der Waals surface area contributed by atoms with Crippen LogP contribution in [0.1, 0.15) is 29.8 Å². The summed E-state index contributed by atoms with van der Waals surface area (Å²) in [4.78, 5) is 19.0. The summed E-state index contributed by atoms with van der Waals surface area (Å²) < 4.78 is 0. The smallest absolute Gasteiger partial charge is 0.255 e. The molecule has 1 fully saturated rings. The molecule has 1 saturated carbocycles. The maximum absolute atomic E-state index is 11.8. The lowest BCUT2D eigenvalue weighted by Gasteiger charge is -2.15. The number of aromatic nitrogens is 2. The van der Waals surface area contributed by atoms with Crippen LogP contribution in [0.15, 0.2) is 35.1 Å². The first kappa shape index (κ1) is 11.0. The molecular weight excluding hydrogens is 226 g/mol. The number of nitrogens with one attached hydrogen (secondary N) is 1. The summed E-state index contributed by atoms with van der Waals surface area (Å²) in [5.74, 6) is 1.03. The molecule has 1 aromatic carbocycles. The van der Waals surface area contributed by atoms with Gasteiger partial charge in [0.05, 0.1) is 11.0 Å². The largest absolute Gasteiger partial charge is 0.383 e. The molecule has 0 atom stereocenters. The van der Waals surface area contributed by atoms with Gasteiger partial charge in [-0.05, 0) is 25.3 Å². The van der Waals surface area contributed by atoms with Crippen LogP contribution in [0.4, 0.5) is 5.82 Å². The molecule has 0 radical (unpaired) electrons. The Hall–Kier alpha value is -2.10. The number of H-pyrrole nitrogens is 1. The van der Waals surface area contributed by atoms with Crippen molar-refractivity contribution in [2.45, 2.75) is 25.2 Å². The van der Waals surface area contributed by atoms with E-state index in [4.69, 9.17) is 5.73 Å². The molecule has 3 N–H and O–H groups in total. The molecule has 4 heteroatoms. The minimum Gasteiger partial charge on any atom is -0.383 e. The van der Waals surface area contributed by atoms with E-state index in [-0.39, 0.29) is 11.0 Å². The first-order chi connectivity index (χ1) is 8.63. The Balaban J connectivity index is 2.14. The molecule has 0 amide bonds. The van der Waals surface area contributed by atoms with E-state index in [9.17, 15) is 4.79 Å². The summed E-state index contributed by atoms with van der Waals surface area (Å²) in [6.07, 6.45) is 2.00. The maximum atomic E-state index is 11.8. The average Bonchev–Trinajstić information content (AvgIpc) is 3.18. The van der Waals surface area contributed by atoms with Gasteiger partial charge in [0.15, 0.2) is 0 Å². The van der Waals surface area contributed by atoms with Crippen molar-refractivity contribution >= 4 is 5.82 Å². The maximum Gasteiger partial charge on any atom is 0.255 e. The lowest BCUT2D eigenvalue weighted by Crippen LogP contribution is -2.23. The molecule has 4 nitrogen and oxygen atoms in total. The summed E-state index contributed by atoms with van der Waals surface area (Å²) >= 11 is 0. The number of nitrogens with two attached hydrogens (primary N) is 1. The van der Waals surface area contributed by atoms with Gasteiger partial charge in [0.25, 0.3) is 5.56 Å². The van der Waals surface area contributed by atoms with Crippen molar-refractivity contribution in [3.8, 4) is 0 Å². The number of hydrogen-bond acceptors (Lipinski definition) is 3. The number of hydrogen-bond donors (Lipinski definition) is 2. The van der Waals surface area contributed by atoms with Gasteiger partial charge >= 0.3 is 0 Å². The van der Waals surface area contributed by atoms with E-state index in [0.29, 0.717) is 17.2 Å². The summed E-state index contributed by atoms with van der Waals surface area (Å²) in [7, 11) is 0. The van der Waals surface area contributed by atoms with Gasteiger partial charge in [-0.15, -0.1) is 0 Å². The highest BCUT2D eigenvalue weighted by molar-refractivity contribution is 5.43. The van der Waals surface area contributed by atoms with Crippen LogP contribution in [-0.2, 0) is 5.41 Å². The minimum atomic E-state index is -0.139. The van der Waals surface area contributed by atoms with Crippen LogP contribution in [0, 0.1) is 6.92 Å². The van der Waals surface area contributed by atoms with E-state index in [1.807, 2.05) is 18.2 Å². The van der Waals surface area contributed by atoms with Crippen molar-refractivity contribution in [3.05, 3.63) is 57.6 Å². The van der Waals surface area contributed by atoms with Crippen molar-refractivity contribution in [1.29, 1.82) is 0 Å². The molecule has 92 valence electrons. The van der Waals surface area contributed by atoms with Crippen LogP contribution in [-0.4, -0.2) is 9.97 Å². The fourth-order valence-electron chi connectivity index (χ4n) is 2.32. The highest BCUT2D eigenvalue weighted by Gasteiger charge is 2.48. The zero-order valence-electron chi connectivity index (χ0n) is 10.2. The first-order valence-corrected chi connectivity index (χ1v) is 6.06. The molecule has 0 unspecified atom stereocenters. The van der Waals surface area contributed by atoms with Gasteiger partial charge in [-0.2, -0.15) is 0 Å². The lowest BCUT2D eigenvalue weighted by molar-refractivity contribution is 0.747. The highest BCUT2D eigenvalue weighted by atomic mass is 16.1. The van der Waals surface area contributed by atoms with Crippen LogP contribution < -0.4 is 11.3 Å². The molecular formula is C14H15N3O. The number of anilines is 1. The van der Waals surface area contributed by atoms with E-state index < -0.39 is 0 Å². The Morgan fingerprint density at radius 1 is 1.28 bits per heavy atom. The molecule has 1 aliphatic rings. The van der Waals surface area contributed by atoms with Crippen molar-refractivity contribution < 1.29 is 0 Å². The topological polar surface area (TPSA) is 71.8 Å². The molecule has 2 aromatic rings. The molecule has 1 aliphatic carbocycles. The Bertz CT molecular complexity index is 642. The van der Waals surface area contributed by atoms with Gasteiger partial charge in [-0.25, -0.2) is 4.98 Å². The Morgan fingerprint density at radius 2 is 1.94 bits per heavy atom. The van der Waals surface area contributed by atoms with Crippen LogP contribution >= 0.6 is 0 Å². The Kier molecular flexibility index (Phi) is 2.26. The zero-order chi connectivity index (χ0) is 12.8. The molecule has 3 rings (SSSR count). The fourth-order valence-corrected chi connectivity index (χ4v) is 2.32. The summed E-state index contributed by atoms with van der Waals surface area (Å²) in [6.45, 7) is 1.69. The second kappa shape index (κ2) is 3.70. The van der Waals surface area contributed by atoms with Gasteiger partial charge in [0.1, 0.15) is 11.6 Å². The SMILES string of the molecule is Cc1c(N)nc(C2(c3ccccc3)CC2)[nH]c1=O. The van der Waals surface area contributed by atoms with Crippen molar-refractivity contribution in [2.75, 3.05) is 5.73 Å². The Morgan fingerprint density at radius 3 is 2.50 bits per heavy atom. The van der Waals surface area contributed by atoms with Crippen molar-refractivity contribution in [2.24, 2.45) is 0 Å². The quantitative estimate of drug-likeness (QED) is 0.841. The van der Waals surface area contributed by atoms with Gasteiger partial charge in [-0.3, -0.25) is 4.79 Å². The van der Waals surface area contributed by atoms with Crippen molar-refractivity contribution in [3.63, 3.8) is 0 Å². The predicted molar refractivity (Wildman–Crippen MR) is 70.5 cm³/mol. The zero-order valence-corrected chi connectivity index (χ0v) is 10.2. The van der Waals surface area contributed by atoms with Crippen LogP contribution in [0.3, 0.4) is 0 Å². The molecule has 0 bridgehead atoms. The fraction of sp³-hybridized carbons (Fsp3) is 0.286. The van der Waals surface area contributed by atoms with Crippen LogP contribution in [0.25, 0.3) is 0 Å². The van der Waals surface area contributed by atoms with Gasteiger partial charge in [-0.1, -0.05) is 30.3 Å². The standard InChI is InChI=1S/C14H15N3O/c1-9-11(15)16-13(17-12(9)18)14(7-8-14)10-5-3-2-4-6-10/h2-6H,7-8H2,1H3,(H3,15,16,17,18).